The van der Waals surface area contributed by atoms with Crippen LogP contribution in [0.4, 0.5) is 0 Å². The monoisotopic (exact) mass is 206 g/mol. The molecule has 0 saturated carbocycles. The molecular weight excluding hydrogens is 188 g/mol. The number of rotatable bonds is 5. The van der Waals surface area contributed by atoms with Crippen molar-refractivity contribution < 1.29 is 9.84 Å². The fourth-order valence-electron chi connectivity index (χ4n) is 1.34. The first-order valence-corrected chi connectivity index (χ1v) is 5.30. The van der Waals surface area contributed by atoms with Crippen LogP contribution in [0.1, 0.15) is 31.9 Å². The summed E-state index contributed by atoms with van der Waals surface area (Å²) in [6.07, 6.45) is 4.14. The van der Waals surface area contributed by atoms with Crippen molar-refractivity contribution in [2.75, 3.05) is 6.61 Å². The molecule has 0 radical (unpaired) electrons. The number of hydrogen-bond acceptors (Lipinski definition) is 2. The average molecular weight is 206 g/mol. The first kappa shape index (κ1) is 11.8. The summed E-state index contributed by atoms with van der Waals surface area (Å²) in [7, 11) is 0. The van der Waals surface area contributed by atoms with Crippen LogP contribution in [0.3, 0.4) is 0 Å². The van der Waals surface area contributed by atoms with Crippen molar-refractivity contribution in [2.24, 2.45) is 0 Å². The van der Waals surface area contributed by atoms with Gasteiger partial charge in [-0.3, -0.25) is 0 Å². The zero-order chi connectivity index (χ0) is 11.1. The Morgan fingerprint density at radius 1 is 1.40 bits per heavy atom. The Labute approximate surface area is 91.2 Å². The Morgan fingerprint density at radius 3 is 2.80 bits per heavy atom. The maximum atomic E-state index is 9.77. The Kier molecular flexibility index (Phi) is 4.91. The van der Waals surface area contributed by atoms with Crippen LogP contribution in [-0.2, 0) is 0 Å². The van der Waals surface area contributed by atoms with Crippen molar-refractivity contribution in [1.29, 1.82) is 0 Å². The van der Waals surface area contributed by atoms with Gasteiger partial charge in [-0.05, 0) is 19.4 Å². The van der Waals surface area contributed by atoms with Gasteiger partial charge in [-0.1, -0.05) is 37.3 Å². The number of allylic oxidation sites excluding steroid dienone is 1. The first-order chi connectivity index (χ1) is 7.29. The molecule has 0 saturated heterocycles. The molecule has 15 heavy (non-hydrogen) atoms. The van der Waals surface area contributed by atoms with Crippen molar-refractivity contribution in [1.82, 2.24) is 0 Å². The third-order valence-corrected chi connectivity index (χ3v) is 2.24. The van der Waals surface area contributed by atoms with Gasteiger partial charge >= 0.3 is 0 Å². The summed E-state index contributed by atoms with van der Waals surface area (Å²) in [6.45, 7) is 4.45. The van der Waals surface area contributed by atoms with Gasteiger partial charge in [0.15, 0.2) is 0 Å². The van der Waals surface area contributed by atoms with E-state index in [-0.39, 0.29) is 0 Å². The number of hydrogen-bond donors (Lipinski definition) is 1. The van der Waals surface area contributed by atoms with Crippen molar-refractivity contribution in [2.45, 2.75) is 26.4 Å². The Morgan fingerprint density at radius 2 is 2.13 bits per heavy atom. The van der Waals surface area contributed by atoms with Crippen LogP contribution in [0.2, 0.25) is 0 Å². The molecule has 0 spiro atoms. The van der Waals surface area contributed by atoms with Gasteiger partial charge in [-0.2, -0.15) is 0 Å². The second-order valence-electron chi connectivity index (χ2n) is 3.34. The largest absolute Gasteiger partial charge is 0.489 e. The molecule has 0 fully saturated rings. The Bertz CT molecular complexity index is 318. The van der Waals surface area contributed by atoms with Crippen LogP contribution < -0.4 is 4.74 Å². The van der Waals surface area contributed by atoms with Gasteiger partial charge in [0.25, 0.3) is 0 Å². The molecule has 2 nitrogen and oxygen atoms in total. The van der Waals surface area contributed by atoms with E-state index in [9.17, 15) is 5.11 Å². The van der Waals surface area contributed by atoms with Crippen molar-refractivity contribution in [3.63, 3.8) is 0 Å². The zero-order valence-electron chi connectivity index (χ0n) is 9.31. The van der Waals surface area contributed by atoms with Gasteiger partial charge < -0.3 is 9.84 Å². The van der Waals surface area contributed by atoms with Gasteiger partial charge in [0, 0.05) is 5.56 Å². The van der Waals surface area contributed by atoms with E-state index in [0.29, 0.717) is 13.0 Å². The molecule has 0 heterocycles. The number of para-hydroxylation sites is 1. The second kappa shape index (κ2) is 6.25. The van der Waals surface area contributed by atoms with Crippen molar-refractivity contribution >= 4 is 0 Å². The van der Waals surface area contributed by atoms with Crippen LogP contribution in [0.5, 0.6) is 5.75 Å². The molecule has 0 aliphatic rings. The Balaban J connectivity index is 2.76. The maximum Gasteiger partial charge on any atom is 0.125 e. The predicted octanol–water partition coefficient (Wildman–Crippen LogP) is 3.08. The van der Waals surface area contributed by atoms with Gasteiger partial charge in [0.2, 0.25) is 0 Å². The molecular formula is C13H18O2. The molecule has 0 amide bonds. The fourth-order valence-corrected chi connectivity index (χ4v) is 1.34. The van der Waals surface area contributed by atoms with E-state index in [2.05, 4.69) is 0 Å². The zero-order valence-corrected chi connectivity index (χ0v) is 9.31. The Hall–Kier alpha value is -1.28. The summed E-state index contributed by atoms with van der Waals surface area (Å²) >= 11 is 0. The molecule has 1 atom stereocenters. The summed E-state index contributed by atoms with van der Waals surface area (Å²) in [5, 5.41) is 9.77. The van der Waals surface area contributed by atoms with E-state index in [1.54, 1.807) is 0 Å². The van der Waals surface area contributed by atoms with E-state index < -0.39 is 6.10 Å². The number of aliphatic hydroxyl groups is 1. The van der Waals surface area contributed by atoms with Gasteiger partial charge in [-0.15, -0.1) is 0 Å². The number of ether oxygens (including phenoxy) is 1. The lowest BCUT2D eigenvalue weighted by molar-refractivity contribution is 0.168. The summed E-state index contributed by atoms with van der Waals surface area (Å²) in [6, 6.07) is 7.62. The maximum absolute atomic E-state index is 9.77. The fraction of sp³-hybridized carbons (Fsp3) is 0.385. The van der Waals surface area contributed by atoms with Gasteiger partial charge in [0.1, 0.15) is 12.4 Å². The second-order valence-corrected chi connectivity index (χ2v) is 3.34. The highest BCUT2D eigenvalue weighted by Gasteiger charge is 2.10. The molecule has 0 unspecified atom stereocenters. The lowest BCUT2D eigenvalue weighted by atomic mass is 10.1. The number of benzene rings is 1. The lowest BCUT2D eigenvalue weighted by Crippen LogP contribution is -2.01. The van der Waals surface area contributed by atoms with E-state index in [1.165, 1.54) is 0 Å². The third-order valence-electron chi connectivity index (χ3n) is 2.24. The molecule has 0 aliphatic carbocycles. The third kappa shape index (κ3) is 3.40. The summed E-state index contributed by atoms with van der Waals surface area (Å²) < 4.78 is 5.55. The van der Waals surface area contributed by atoms with Crippen LogP contribution in [0.25, 0.3) is 0 Å². The smallest absolute Gasteiger partial charge is 0.125 e. The van der Waals surface area contributed by atoms with Crippen molar-refractivity contribution in [3.05, 3.63) is 42.0 Å². The van der Waals surface area contributed by atoms with Gasteiger partial charge in [0.05, 0.1) is 6.10 Å². The highest BCUT2D eigenvalue weighted by atomic mass is 16.5. The van der Waals surface area contributed by atoms with Crippen LogP contribution in [0.15, 0.2) is 36.4 Å². The van der Waals surface area contributed by atoms with Crippen LogP contribution in [0, 0.1) is 0 Å². The average Bonchev–Trinajstić information content (AvgIpc) is 2.29. The molecule has 1 aromatic rings. The van der Waals surface area contributed by atoms with E-state index in [0.717, 1.165) is 11.3 Å². The molecule has 2 heteroatoms. The molecule has 1 aromatic carbocycles. The van der Waals surface area contributed by atoms with Gasteiger partial charge in [-0.25, -0.2) is 0 Å². The van der Waals surface area contributed by atoms with Crippen LogP contribution in [-0.4, -0.2) is 11.7 Å². The van der Waals surface area contributed by atoms with Crippen molar-refractivity contribution in [3.8, 4) is 5.75 Å². The van der Waals surface area contributed by atoms with E-state index in [4.69, 9.17) is 4.74 Å². The SMILES string of the molecule is CC=CCOc1ccccc1[C@@H](O)CC. The lowest BCUT2D eigenvalue weighted by Gasteiger charge is -2.13. The topological polar surface area (TPSA) is 29.5 Å². The molecule has 0 aliphatic heterocycles. The molecule has 0 bridgehead atoms. The minimum absolute atomic E-state index is 0.438. The van der Waals surface area contributed by atoms with E-state index in [1.807, 2.05) is 50.3 Å². The minimum atomic E-state index is -0.438. The summed E-state index contributed by atoms with van der Waals surface area (Å²) in [5.41, 5.74) is 0.865. The summed E-state index contributed by atoms with van der Waals surface area (Å²) in [4.78, 5) is 0. The molecule has 82 valence electrons. The summed E-state index contributed by atoms with van der Waals surface area (Å²) in [5.74, 6) is 0.768. The molecule has 1 N–H and O–H groups in total. The number of aliphatic hydroxyl groups excluding tert-OH is 1. The quantitative estimate of drug-likeness (QED) is 0.750. The molecule has 1 rings (SSSR count). The van der Waals surface area contributed by atoms with E-state index >= 15 is 0 Å². The normalized spacial score (nSPS) is 13.0. The predicted molar refractivity (Wildman–Crippen MR) is 62.0 cm³/mol. The highest BCUT2D eigenvalue weighted by Crippen LogP contribution is 2.26. The standard InChI is InChI=1S/C13H18O2/c1-3-5-10-15-13-9-7-6-8-11(13)12(14)4-2/h3,5-9,12,14H,4,10H2,1-2H3/t12-/m0/s1. The molecule has 0 aromatic heterocycles. The first-order valence-electron chi connectivity index (χ1n) is 5.30. The highest BCUT2D eigenvalue weighted by molar-refractivity contribution is 5.35. The minimum Gasteiger partial charge on any atom is -0.489 e. The van der Waals surface area contributed by atoms with Crippen LogP contribution >= 0.6 is 0 Å².